The second-order valence-corrected chi connectivity index (χ2v) is 9.57. The Labute approximate surface area is 193 Å². The van der Waals surface area contributed by atoms with Gasteiger partial charge in [0.2, 0.25) is 5.91 Å². The molecule has 1 heterocycles. The summed E-state index contributed by atoms with van der Waals surface area (Å²) in [5, 5.41) is 9.38. The van der Waals surface area contributed by atoms with Crippen molar-refractivity contribution >= 4 is 29.3 Å². The lowest BCUT2D eigenvalue weighted by Gasteiger charge is -2.30. The van der Waals surface area contributed by atoms with Gasteiger partial charge in [-0.05, 0) is 50.7 Å². The molecule has 4 rings (SSSR count). The molecule has 0 aliphatic heterocycles. The number of hydrogen-bond acceptors (Lipinski definition) is 5. The molecular formula is C21H24ClF3N4O2S. The Balaban J connectivity index is 1.42. The van der Waals surface area contributed by atoms with Crippen molar-refractivity contribution in [3.8, 4) is 5.75 Å². The van der Waals surface area contributed by atoms with Crippen molar-refractivity contribution in [1.29, 1.82) is 0 Å². The first kappa shape index (κ1) is 23.2. The van der Waals surface area contributed by atoms with E-state index in [1.54, 1.807) is 25.1 Å². The van der Waals surface area contributed by atoms with Crippen molar-refractivity contribution in [3.05, 3.63) is 35.1 Å². The van der Waals surface area contributed by atoms with Gasteiger partial charge in [0.05, 0.1) is 10.8 Å². The molecular weight excluding hydrogens is 465 g/mol. The maximum atomic E-state index is 13.1. The van der Waals surface area contributed by atoms with E-state index >= 15 is 0 Å². The number of hydrogen-bond donors (Lipinski definition) is 0. The minimum atomic E-state index is -4.43. The van der Waals surface area contributed by atoms with Crippen molar-refractivity contribution in [1.82, 2.24) is 19.7 Å². The molecule has 0 radical (unpaired) electrons. The predicted octanol–water partition coefficient (Wildman–Crippen LogP) is 5.13. The molecule has 6 nitrogen and oxygen atoms in total. The van der Waals surface area contributed by atoms with E-state index in [2.05, 4.69) is 10.2 Å². The molecule has 2 aromatic rings. The van der Waals surface area contributed by atoms with Crippen molar-refractivity contribution < 1.29 is 22.7 Å². The highest BCUT2D eigenvalue weighted by Crippen LogP contribution is 2.40. The number of aromatic nitrogens is 3. The molecule has 1 amide bonds. The first-order valence-electron chi connectivity index (χ1n) is 10.5. The average Bonchev–Trinajstić information content (AvgIpc) is 3.66. The van der Waals surface area contributed by atoms with Gasteiger partial charge in [-0.3, -0.25) is 9.36 Å². The molecule has 2 fully saturated rings. The third-order valence-corrected chi connectivity index (χ3v) is 6.87. The third kappa shape index (κ3) is 5.89. The monoisotopic (exact) mass is 488 g/mol. The molecule has 1 atom stereocenters. The average molecular weight is 489 g/mol. The zero-order chi connectivity index (χ0) is 22.9. The Hall–Kier alpha value is -1.94. The minimum Gasteiger partial charge on any atom is -0.484 e. The van der Waals surface area contributed by atoms with Crippen molar-refractivity contribution in [2.75, 3.05) is 12.3 Å². The van der Waals surface area contributed by atoms with E-state index in [4.69, 9.17) is 16.3 Å². The summed E-state index contributed by atoms with van der Waals surface area (Å²) in [7, 11) is 0. The van der Waals surface area contributed by atoms with Gasteiger partial charge in [0.1, 0.15) is 18.9 Å². The molecule has 32 heavy (non-hydrogen) atoms. The lowest BCUT2D eigenvalue weighted by atomic mass is 10.2. The second kappa shape index (κ2) is 9.51. The zero-order valence-electron chi connectivity index (χ0n) is 17.5. The Morgan fingerprint density at radius 1 is 1.28 bits per heavy atom. The van der Waals surface area contributed by atoms with Gasteiger partial charge in [-0.25, -0.2) is 0 Å². The smallest absolute Gasteiger partial charge is 0.406 e. The van der Waals surface area contributed by atoms with E-state index < -0.39 is 24.7 Å². The van der Waals surface area contributed by atoms with Gasteiger partial charge in [-0.15, -0.1) is 10.2 Å². The summed E-state index contributed by atoms with van der Waals surface area (Å²) in [6.07, 6.45) is -0.794. The standard InChI is InChI=1S/C21H24ClF3N4O2S/c1-13(14-6-7-14)28(12-21(23,24)25)19(30)11-32-20-27-26-18(29(20)15-8-9-15)10-31-17-5-3-2-4-16(17)22/h2-5,13-15H,6-12H2,1H3/t13-/m1/s1. The Bertz CT molecular complexity index is 963. The summed E-state index contributed by atoms with van der Waals surface area (Å²) >= 11 is 7.25. The van der Waals surface area contributed by atoms with Crippen LogP contribution in [0, 0.1) is 5.92 Å². The molecule has 174 valence electrons. The van der Waals surface area contributed by atoms with Crippen LogP contribution in [0.1, 0.15) is 44.5 Å². The number of rotatable bonds is 10. The van der Waals surface area contributed by atoms with Crippen LogP contribution in [-0.4, -0.2) is 50.1 Å². The van der Waals surface area contributed by atoms with Gasteiger partial charge >= 0.3 is 6.18 Å². The zero-order valence-corrected chi connectivity index (χ0v) is 19.1. The van der Waals surface area contributed by atoms with Crippen LogP contribution in [0.15, 0.2) is 29.4 Å². The van der Waals surface area contributed by atoms with Crippen molar-refractivity contribution in [2.45, 2.75) is 62.6 Å². The van der Waals surface area contributed by atoms with Gasteiger partial charge < -0.3 is 9.64 Å². The molecule has 2 aliphatic carbocycles. The summed E-state index contributed by atoms with van der Waals surface area (Å²) in [4.78, 5) is 13.7. The van der Waals surface area contributed by atoms with Crippen LogP contribution in [0.25, 0.3) is 0 Å². The van der Waals surface area contributed by atoms with Crippen LogP contribution in [0.5, 0.6) is 5.75 Å². The minimum absolute atomic E-state index is 0.122. The van der Waals surface area contributed by atoms with E-state index in [1.165, 1.54) is 0 Å². The van der Waals surface area contributed by atoms with Crippen LogP contribution in [0.4, 0.5) is 13.2 Å². The van der Waals surface area contributed by atoms with Crippen LogP contribution in [0.3, 0.4) is 0 Å². The van der Waals surface area contributed by atoms with Gasteiger partial charge in [-0.2, -0.15) is 13.2 Å². The molecule has 0 bridgehead atoms. The van der Waals surface area contributed by atoms with E-state index in [1.807, 2.05) is 10.6 Å². The Morgan fingerprint density at radius 2 is 2.00 bits per heavy atom. The number of nitrogens with zero attached hydrogens (tertiary/aromatic N) is 4. The van der Waals surface area contributed by atoms with E-state index in [0.29, 0.717) is 21.8 Å². The first-order chi connectivity index (χ1) is 15.2. The summed E-state index contributed by atoms with van der Waals surface area (Å²) < 4.78 is 46.9. The fourth-order valence-electron chi connectivity index (χ4n) is 3.60. The third-order valence-electron chi connectivity index (χ3n) is 5.63. The molecule has 1 aromatic carbocycles. The normalized spacial score (nSPS) is 17.3. The number of thioether (sulfide) groups is 1. The quantitative estimate of drug-likeness (QED) is 0.434. The molecule has 0 saturated heterocycles. The summed E-state index contributed by atoms with van der Waals surface area (Å²) in [6.45, 7) is 0.625. The maximum absolute atomic E-state index is 13.1. The van der Waals surface area contributed by atoms with Crippen LogP contribution < -0.4 is 4.74 Å². The summed E-state index contributed by atoms with van der Waals surface area (Å²) in [6, 6.07) is 6.89. The number of ether oxygens (including phenoxy) is 1. The van der Waals surface area contributed by atoms with Crippen molar-refractivity contribution in [2.24, 2.45) is 5.92 Å². The fourth-order valence-corrected chi connectivity index (χ4v) is 4.70. The van der Waals surface area contributed by atoms with Gasteiger partial charge in [0.25, 0.3) is 0 Å². The highest BCUT2D eigenvalue weighted by atomic mass is 35.5. The highest BCUT2D eigenvalue weighted by molar-refractivity contribution is 7.99. The number of amides is 1. The van der Waals surface area contributed by atoms with E-state index in [-0.39, 0.29) is 24.3 Å². The number of carbonyl (C=O) groups is 1. The maximum Gasteiger partial charge on any atom is 0.406 e. The molecule has 0 N–H and O–H groups in total. The molecule has 2 saturated carbocycles. The largest absolute Gasteiger partial charge is 0.484 e. The molecule has 2 aliphatic rings. The predicted molar refractivity (Wildman–Crippen MR) is 115 cm³/mol. The number of benzene rings is 1. The molecule has 0 unspecified atom stereocenters. The summed E-state index contributed by atoms with van der Waals surface area (Å²) in [5.41, 5.74) is 0. The topological polar surface area (TPSA) is 60.3 Å². The molecule has 0 spiro atoms. The van der Waals surface area contributed by atoms with Crippen LogP contribution in [0.2, 0.25) is 5.02 Å². The molecule has 1 aromatic heterocycles. The van der Waals surface area contributed by atoms with E-state index in [9.17, 15) is 18.0 Å². The first-order valence-corrected chi connectivity index (χ1v) is 11.9. The number of alkyl halides is 3. The van der Waals surface area contributed by atoms with Crippen LogP contribution in [-0.2, 0) is 11.4 Å². The Morgan fingerprint density at radius 3 is 2.62 bits per heavy atom. The van der Waals surface area contributed by atoms with Gasteiger partial charge in [0, 0.05) is 12.1 Å². The number of carbonyl (C=O) groups excluding carboxylic acids is 1. The van der Waals surface area contributed by atoms with Crippen molar-refractivity contribution in [3.63, 3.8) is 0 Å². The van der Waals surface area contributed by atoms with Gasteiger partial charge in [0.15, 0.2) is 11.0 Å². The number of halogens is 4. The van der Waals surface area contributed by atoms with E-state index in [0.717, 1.165) is 42.3 Å². The molecule has 11 heteroatoms. The summed E-state index contributed by atoms with van der Waals surface area (Å²) in [5.74, 6) is 0.617. The highest BCUT2D eigenvalue weighted by Gasteiger charge is 2.40. The fraction of sp³-hybridized carbons (Fsp3) is 0.571. The number of para-hydroxylation sites is 1. The SMILES string of the molecule is C[C@H](C1CC1)N(CC(F)(F)F)C(=O)CSc1nnc(COc2ccccc2Cl)n1C1CC1. The van der Waals surface area contributed by atoms with Crippen LogP contribution >= 0.6 is 23.4 Å². The lowest BCUT2D eigenvalue weighted by Crippen LogP contribution is -2.46. The lowest BCUT2D eigenvalue weighted by molar-refractivity contribution is -0.164. The second-order valence-electron chi connectivity index (χ2n) is 8.22. The van der Waals surface area contributed by atoms with Gasteiger partial charge in [-0.1, -0.05) is 35.5 Å². The Kier molecular flexibility index (Phi) is 6.90.